The zero-order valence-electron chi connectivity index (χ0n) is 21.3. The third-order valence-electron chi connectivity index (χ3n) is 7.09. The first kappa shape index (κ1) is 25.1. The average Bonchev–Trinajstić information content (AvgIpc) is 3.29. The Morgan fingerprint density at radius 3 is 2.36 bits per heavy atom. The van der Waals surface area contributed by atoms with Crippen LogP contribution >= 0.6 is 0 Å². The summed E-state index contributed by atoms with van der Waals surface area (Å²) in [7, 11) is 0. The molecular formula is C27H28F2N8O2. The van der Waals surface area contributed by atoms with Gasteiger partial charge in [-0.25, -0.2) is 18.4 Å². The lowest BCUT2D eigenvalue weighted by atomic mass is 10.1. The fraction of sp³-hybridized carbons (Fsp3) is 0.333. The number of nitrogen functional groups attached to an aromatic ring is 1. The van der Waals surface area contributed by atoms with Crippen molar-refractivity contribution >= 4 is 28.7 Å². The molecule has 0 bridgehead atoms. The second kappa shape index (κ2) is 10.5. The Labute approximate surface area is 223 Å². The third-order valence-corrected chi connectivity index (χ3v) is 7.09. The monoisotopic (exact) mass is 534 g/mol. The molecule has 2 aromatic heterocycles. The number of ether oxygens (including phenoxy) is 1. The molecule has 12 heteroatoms. The second-order valence-electron chi connectivity index (χ2n) is 9.61. The summed E-state index contributed by atoms with van der Waals surface area (Å²) in [6, 6.07) is 12.0. The van der Waals surface area contributed by atoms with Crippen LogP contribution in [-0.4, -0.2) is 94.5 Å². The average molecular weight is 535 g/mol. The Kier molecular flexibility index (Phi) is 6.79. The molecule has 2 saturated heterocycles. The van der Waals surface area contributed by atoms with Gasteiger partial charge in [-0.15, -0.1) is 5.10 Å². The van der Waals surface area contributed by atoms with Crippen LogP contribution in [0.4, 0.5) is 20.5 Å². The van der Waals surface area contributed by atoms with Crippen LogP contribution in [0.15, 0.2) is 48.5 Å². The molecule has 2 aliphatic heterocycles. The van der Waals surface area contributed by atoms with E-state index in [2.05, 4.69) is 10.00 Å². The molecule has 4 heterocycles. The van der Waals surface area contributed by atoms with Gasteiger partial charge in [0.25, 0.3) is 0 Å². The summed E-state index contributed by atoms with van der Waals surface area (Å²) in [5.74, 6) is -0.0575. The number of halogens is 2. The highest BCUT2D eigenvalue weighted by molar-refractivity contribution is 5.99. The molecule has 10 nitrogen and oxygen atoms in total. The fourth-order valence-corrected chi connectivity index (χ4v) is 5.00. The van der Waals surface area contributed by atoms with Crippen molar-refractivity contribution in [3.8, 4) is 16.9 Å². The predicted octanol–water partition coefficient (Wildman–Crippen LogP) is 2.32. The minimum Gasteiger partial charge on any atom is -0.383 e. The summed E-state index contributed by atoms with van der Waals surface area (Å²) in [6.45, 7) is 5.28. The summed E-state index contributed by atoms with van der Waals surface area (Å²) in [5, 5.41) is 5.04. The lowest BCUT2D eigenvalue weighted by Gasteiger charge is -2.36. The highest BCUT2D eigenvalue weighted by Crippen LogP contribution is 2.34. The van der Waals surface area contributed by atoms with Crippen molar-refractivity contribution in [2.75, 3.05) is 69.7 Å². The van der Waals surface area contributed by atoms with Crippen molar-refractivity contribution < 1.29 is 18.3 Å². The summed E-state index contributed by atoms with van der Waals surface area (Å²) in [4.78, 5) is 28.2. The zero-order chi connectivity index (χ0) is 26.9. The molecule has 0 saturated carbocycles. The molecule has 4 aromatic rings. The van der Waals surface area contributed by atoms with E-state index in [4.69, 9.17) is 20.4 Å². The lowest BCUT2D eigenvalue weighted by Crippen LogP contribution is -2.51. The van der Waals surface area contributed by atoms with Crippen LogP contribution in [0.3, 0.4) is 0 Å². The summed E-state index contributed by atoms with van der Waals surface area (Å²) >= 11 is 0. The molecule has 0 atom stereocenters. The number of hydrogen-bond acceptors (Lipinski definition) is 8. The number of nitrogens with zero attached hydrogens (tertiary/aromatic N) is 7. The molecule has 2 N–H and O–H groups in total. The molecule has 0 spiro atoms. The number of piperazine rings is 1. The molecule has 1 amide bonds. The van der Waals surface area contributed by atoms with Gasteiger partial charge in [0.15, 0.2) is 5.65 Å². The summed E-state index contributed by atoms with van der Waals surface area (Å²) < 4.78 is 34.9. The largest absolute Gasteiger partial charge is 0.383 e. The Morgan fingerprint density at radius 1 is 0.923 bits per heavy atom. The van der Waals surface area contributed by atoms with Crippen LogP contribution in [0.5, 0.6) is 0 Å². The SMILES string of the molecule is Nc1c2c(-c3cccc(F)c3)nc(N3CCN(CC(=O)N4CCOCC4)CC3)nc2nn1-c1cccc(F)c1. The van der Waals surface area contributed by atoms with Gasteiger partial charge in [-0.05, 0) is 30.3 Å². The topological polar surface area (TPSA) is 106 Å². The Morgan fingerprint density at radius 2 is 1.64 bits per heavy atom. The Bertz CT molecular complexity index is 1510. The summed E-state index contributed by atoms with van der Waals surface area (Å²) in [6.07, 6.45) is 0. The highest BCUT2D eigenvalue weighted by Gasteiger charge is 2.26. The van der Waals surface area contributed by atoms with Gasteiger partial charge in [-0.1, -0.05) is 18.2 Å². The van der Waals surface area contributed by atoms with Crippen LogP contribution < -0.4 is 10.6 Å². The van der Waals surface area contributed by atoms with Crippen molar-refractivity contribution in [1.29, 1.82) is 0 Å². The predicted molar refractivity (Wildman–Crippen MR) is 142 cm³/mol. The standard InChI is InChI=1S/C27H28F2N8O2/c28-19-4-1-3-18(15-19)24-23-25(30)37(21-6-2-5-20(29)16-21)33-26(23)32-27(31-24)36-9-7-34(8-10-36)17-22(38)35-11-13-39-14-12-35/h1-6,15-16H,7-14,17,30H2. The van der Waals surface area contributed by atoms with Crippen molar-refractivity contribution in [3.63, 3.8) is 0 Å². The quantitative estimate of drug-likeness (QED) is 0.416. The van der Waals surface area contributed by atoms with Crippen LogP contribution in [0.2, 0.25) is 0 Å². The molecule has 2 fully saturated rings. The third kappa shape index (κ3) is 5.12. The van der Waals surface area contributed by atoms with E-state index in [0.717, 1.165) is 0 Å². The summed E-state index contributed by atoms with van der Waals surface area (Å²) in [5.41, 5.74) is 8.23. The van der Waals surface area contributed by atoms with E-state index in [9.17, 15) is 13.6 Å². The Balaban J connectivity index is 1.30. The van der Waals surface area contributed by atoms with E-state index in [1.165, 1.54) is 28.9 Å². The van der Waals surface area contributed by atoms with E-state index in [1.54, 1.807) is 24.3 Å². The van der Waals surface area contributed by atoms with Crippen LogP contribution in [-0.2, 0) is 9.53 Å². The van der Waals surface area contributed by atoms with Crippen molar-refractivity contribution in [2.24, 2.45) is 0 Å². The van der Waals surface area contributed by atoms with Gasteiger partial charge in [0.05, 0.1) is 36.5 Å². The van der Waals surface area contributed by atoms with E-state index in [-0.39, 0.29) is 11.7 Å². The van der Waals surface area contributed by atoms with Gasteiger partial charge in [-0.2, -0.15) is 4.98 Å². The van der Waals surface area contributed by atoms with Gasteiger partial charge in [0.1, 0.15) is 17.5 Å². The number of carbonyl (C=O) groups excluding carboxylic acids is 1. The number of fused-ring (bicyclic) bond motifs is 1. The molecule has 6 rings (SSSR count). The maximum atomic E-state index is 14.2. The first-order chi connectivity index (χ1) is 19.0. The van der Waals surface area contributed by atoms with E-state index < -0.39 is 11.6 Å². The molecule has 2 aromatic carbocycles. The van der Waals surface area contributed by atoms with Crippen molar-refractivity contribution in [3.05, 3.63) is 60.2 Å². The lowest BCUT2D eigenvalue weighted by molar-refractivity contribution is -0.136. The van der Waals surface area contributed by atoms with Crippen molar-refractivity contribution in [1.82, 2.24) is 29.5 Å². The number of nitrogens with two attached hydrogens (primary N) is 1. The number of carbonyl (C=O) groups is 1. The second-order valence-corrected chi connectivity index (χ2v) is 9.61. The molecule has 202 valence electrons. The van der Waals surface area contributed by atoms with Gasteiger partial charge in [0, 0.05) is 44.8 Å². The fourth-order valence-electron chi connectivity index (χ4n) is 5.00. The number of rotatable bonds is 5. The number of anilines is 2. The minimum absolute atomic E-state index is 0.108. The van der Waals surface area contributed by atoms with Crippen molar-refractivity contribution in [2.45, 2.75) is 0 Å². The highest BCUT2D eigenvalue weighted by atomic mass is 19.1. The van der Waals surface area contributed by atoms with Gasteiger partial charge < -0.3 is 20.3 Å². The number of amides is 1. The first-order valence-corrected chi connectivity index (χ1v) is 12.9. The molecular weight excluding hydrogens is 506 g/mol. The molecule has 0 radical (unpaired) electrons. The molecule has 0 aliphatic carbocycles. The molecule has 2 aliphatic rings. The van der Waals surface area contributed by atoms with E-state index >= 15 is 0 Å². The van der Waals surface area contributed by atoms with Crippen LogP contribution in [0.25, 0.3) is 28.0 Å². The minimum atomic E-state index is -0.423. The number of benzene rings is 2. The first-order valence-electron chi connectivity index (χ1n) is 12.9. The van der Waals surface area contributed by atoms with Gasteiger partial charge in [0.2, 0.25) is 11.9 Å². The number of aromatic nitrogens is 4. The maximum absolute atomic E-state index is 14.2. The van der Waals surface area contributed by atoms with Crippen LogP contribution in [0, 0.1) is 11.6 Å². The van der Waals surface area contributed by atoms with Gasteiger partial charge >= 0.3 is 0 Å². The van der Waals surface area contributed by atoms with E-state index in [1.807, 2.05) is 9.80 Å². The zero-order valence-corrected chi connectivity index (χ0v) is 21.3. The van der Waals surface area contributed by atoms with Crippen LogP contribution in [0.1, 0.15) is 0 Å². The molecule has 39 heavy (non-hydrogen) atoms. The normalized spacial score (nSPS) is 16.7. The smallest absolute Gasteiger partial charge is 0.236 e. The molecule has 0 unspecified atom stereocenters. The Hall–Kier alpha value is -4.16. The maximum Gasteiger partial charge on any atom is 0.236 e. The van der Waals surface area contributed by atoms with Gasteiger partial charge in [-0.3, -0.25) is 9.69 Å². The number of hydrogen-bond donors (Lipinski definition) is 1. The number of morpholine rings is 1. The van der Waals surface area contributed by atoms with E-state index in [0.29, 0.717) is 93.0 Å².